The lowest BCUT2D eigenvalue weighted by Crippen LogP contribution is -2.36. The van der Waals surface area contributed by atoms with Gasteiger partial charge in [0.05, 0.1) is 12.2 Å². The van der Waals surface area contributed by atoms with E-state index < -0.39 is 24.4 Å². The van der Waals surface area contributed by atoms with Gasteiger partial charge >= 0.3 is 12.2 Å². The van der Waals surface area contributed by atoms with Crippen molar-refractivity contribution in [3.8, 4) is 0 Å². The first-order chi connectivity index (χ1) is 10.6. The number of primary amides is 1. The Morgan fingerprint density at radius 1 is 1.09 bits per heavy atom. The third-order valence-electron chi connectivity index (χ3n) is 3.18. The molecule has 126 valence electrons. The van der Waals surface area contributed by atoms with E-state index in [-0.39, 0.29) is 19.0 Å². The summed E-state index contributed by atoms with van der Waals surface area (Å²) in [6, 6.07) is 0. The molecule has 0 bridgehead atoms. The number of alkyl carbamates (subject to hydrolysis) is 1. The van der Waals surface area contributed by atoms with Gasteiger partial charge in [0, 0.05) is 19.9 Å². The van der Waals surface area contributed by atoms with Crippen molar-refractivity contribution in [1.82, 2.24) is 5.32 Å². The maximum Gasteiger partial charge on any atom is 0.407 e. The third-order valence-corrected chi connectivity index (χ3v) is 3.18. The smallest absolute Gasteiger partial charge is 0.407 e. The second kappa shape index (κ2) is 9.26. The van der Waals surface area contributed by atoms with Crippen LogP contribution in [0.2, 0.25) is 0 Å². The molecule has 0 saturated carbocycles. The topological polar surface area (TPSA) is 109 Å². The first-order valence-electron chi connectivity index (χ1n) is 7.34. The molecule has 3 N–H and O–H groups in total. The van der Waals surface area contributed by atoms with Crippen LogP contribution in [0.1, 0.15) is 26.7 Å². The van der Waals surface area contributed by atoms with Crippen LogP contribution in [0.25, 0.3) is 0 Å². The third kappa shape index (κ3) is 5.53. The monoisotopic (exact) mass is 316 g/mol. The van der Waals surface area contributed by atoms with Gasteiger partial charge in [-0.05, 0) is 12.2 Å². The summed E-state index contributed by atoms with van der Waals surface area (Å²) in [5.74, 6) is 0. The van der Waals surface area contributed by atoms with E-state index in [4.69, 9.17) is 24.7 Å². The van der Waals surface area contributed by atoms with Crippen molar-refractivity contribution >= 4 is 12.2 Å². The molecule has 1 aliphatic carbocycles. The predicted molar refractivity (Wildman–Crippen MR) is 78.1 cm³/mol. The second-order valence-corrected chi connectivity index (χ2v) is 4.55. The molecule has 0 spiro atoms. The fourth-order valence-corrected chi connectivity index (χ4v) is 2.25. The summed E-state index contributed by atoms with van der Waals surface area (Å²) in [5.41, 5.74) is 5.02. The molecule has 2 aliphatic rings. The summed E-state index contributed by atoms with van der Waals surface area (Å²) in [7, 11) is 1.48. The molecule has 8 nitrogen and oxygen atoms in total. The highest BCUT2D eigenvalue weighted by Crippen LogP contribution is 2.26. The zero-order valence-corrected chi connectivity index (χ0v) is 13.1. The van der Waals surface area contributed by atoms with Crippen molar-refractivity contribution < 1.29 is 28.5 Å². The average molecular weight is 316 g/mol. The van der Waals surface area contributed by atoms with Gasteiger partial charge < -0.3 is 30.0 Å². The van der Waals surface area contributed by atoms with Gasteiger partial charge in [-0.2, -0.15) is 0 Å². The molecule has 0 aromatic heterocycles. The van der Waals surface area contributed by atoms with Crippen molar-refractivity contribution in [3.63, 3.8) is 0 Å². The minimum atomic E-state index is -0.862. The van der Waals surface area contributed by atoms with Gasteiger partial charge in [-0.1, -0.05) is 13.8 Å². The SMILES string of the molecule is CC.CNC(=O)OC1/C=C/C(OC(N)=O)CC2OCOC2C1. The molecule has 1 aliphatic heterocycles. The Morgan fingerprint density at radius 3 is 2.05 bits per heavy atom. The van der Waals surface area contributed by atoms with Gasteiger partial charge in [-0.15, -0.1) is 0 Å². The van der Waals surface area contributed by atoms with Gasteiger partial charge in [-0.3, -0.25) is 0 Å². The number of hydrogen-bond acceptors (Lipinski definition) is 6. The maximum absolute atomic E-state index is 11.3. The average Bonchev–Trinajstić information content (AvgIpc) is 2.90. The summed E-state index contributed by atoms with van der Waals surface area (Å²) in [5, 5.41) is 2.38. The van der Waals surface area contributed by atoms with E-state index in [0.717, 1.165) is 0 Å². The molecule has 4 unspecified atom stereocenters. The summed E-state index contributed by atoms with van der Waals surface area (Å²) < 4.78 is 21.1. The Hall–Kier alpha value is -1.80. The van der Waals surface area contributed by atoms with Gasteiger partial charge in [0.2, 0.25) is 0 Å². The van der Waals surface area contributed by atoms with Crippen LogP contribution in [0.3, 0.4) is 0 Å². The van der Waals surface area contributed by atoms with Gasteiger partial charge in [0.25, 0.3) is 0 Å². The van der Waals surface area contributed by atoms with E-state index >= 15 is 0 Å². The fraction of sp³-hybridized carbons (Fsp3) is 0.714. The first kappa shape index (κ1) is 18.2. The number of nitrogens with two attached hydrogens (primary N) is 1. The van der Waals surface area contributed by atoms with Crippen LogP contribution in [0.5, 0.6) is 0 Å². The van der Waals surface area contributed by atoms with E-state index in [1.165, 1.54) is 7.05 Å². The van der Waals surface area contributed by atoms with E-state index in [9.17, 15) is 9.59 Å². The molecule has 0 radical (unpaired) electrons. The van der Waals surface area contributed by atoms with Crippen molar-refractivity contribution in [1.29, 1.82) is 0 Å². The molecular formula is C14H24N2O6. The number of carbonyl (C=O) groups excluding carboxylic acids is 2. The molecule has 0 aromatic carbocycles. The van der Waals surface area contributed by atoms with E-state index in [0.29, 0.717) is 12.8 Å². The largest absolute Gasteiger partial charge is 0.442 e. The lowest BCUT2D eigenvalue weighted by Gasteiger charge is -2.26. The summed E-state index contributed by atoms with van der Waals surface area (Å²) in [6.45, 7) is 4.17. The second-order valence-electron chi connectivity index (χ2n) is 4.55. The zero-order chi connectivity index (χ0) is 16.5. The number of rotatable bonds is 2. The summed E-state index contributed by atoms with van der Waals surface area (Å²) in [6.07, 6.45) is 1.41. The number of amides is 2. The molecule has 22 heavy (non-hydrogen) atoms. The number of carbonyl (C=O) groups is 2. The van der Waals surface area contributed by atoms with Crippen molar-refractivity contribution in [2.75, 3.05) is 13.8 Å². The van der Waals surface area contributed by atoms with E-state index in [2.05, 4.69) is 5.32 Å². The Kier molecular flexibility index (Phi) is 7.69. The van der Waals surface area contributed by atoms with Crippen LogP contribution in [-0.4, -0.2) is 50.4 Å². The molecule has 8 heteroatoms. The number of fused-ring (bicyclic) bond motifs is 1. The lowest BCUT2D eigenvalue weighted by atomic mass is 9.97. The van der Waals surface area contributed by atoms with Gasteiger partial charge in [-0.25, -0.2) is 9.59 Å². The van der Waals surface area contributed by atoms with Crippen LogP contribution < -0.4 is 11.1 Å². The van der Waals surface area contributed by atoms with Crippen LogP contribution in [0.4, 0.5) is 9.59 Å². The molecule has 0 aromatic rings. The Balaban J connectivity index is 0.00000116. The normalized spacial score (nSPS) is 31.4. The molecule has 1 fully saturated rings. The highest BCUT2D eigenvalue weighted by atomic mass is 16.7. The Morgan fingerprint density at radius 2 is 1.59 bits per heavy atom. The van der Waals surface area contributed by atoms with E-state index in [1.807, 2.05) is 13.8 Å². The van der Waals surface area contributed by atoms with Crippen LogP contribution in [0.15, 0.2) is 12.2 Å². The van der Waals surface area contributed by atoms with Crippen LogP contribution in [0, 0.1) is 0 Å². The maximum atomic E-state index is 11.3. The highest BCUT2D eigenvalue weighted by molar-refractivity contribution is 5.67. The molecular weight excluding hydrogens is 292 g/mol. The van der Waals surface area contributed by atoms with Gasteiger partial charge in [0.1, 0.15) is 19.0 Å². The molecule has 2 amide bonds. The van der Waals surface area contributed by atoms with Gasteiger partial charge in [0.15, 0.2) is 0 Å². The zero-order valence-electron chi connectivity index (χ0n) is 13.1. The summed E-state index contributed by atoms with van der Waals surface area (Å²) in [4.78, 5) is 22.1. The molecule has 1 saturated heterocycles. The predicted octanol–water partition coefficient (Wildman–Crippen LogP) is 1.29. The van der Waals surface area contributed by atoms with Crippen LogP contribution in [-0.2, 0) is 18.9 Å². The minimum absolute atomic E-state index is 0.172. The quantitative estimate of drug-likeness (QED) is 0.743. The molecule has 1 heterocycles. The molecule has 2 rings (SSSR count). The standard InChI is InChI=1S/C12H18N2O6.C2H6/c1-14-12(16)20-8-3-2-7(19-11(13)15)4-9-10(5-8)18-6-17-9;1-2/h2-3,7-10H,4-6H2,1H3,(H2,13,15)(H,14,16);1-2H3/b3-2+;. The molecule has 4 atom stereocenters. The van der Waals surface area contributed by atoms with Crippen LogP contribution >= 0.6 is 0 Å². The van der Waals surface area contributed by atoms with E-state index in [1.54, 1.807) is 12.2 Å². The van der Waals surface area contributed by atoms with Crippen molar-refractivity contribution in [3.05, 3.63) is 12.2 Å². The number of nitrogens with one attached hydrogen (secondary N) is 1. The number of hydrogen-bond donors (Lipinski definition) is 2. The van der Waals surface area contributed by atoms with Crippen molar-refractivity contribution in [2.45, 2.75) is 51.1 Å². The van der Waals surface area contributed by atoms with Crippen molar-refractivity contribution in [2.24, 2.45) is 5.73 Å². The summed E-state index contributed by atoms with van der Waals surface area (Å²) >= 11 is 0. The highest BCUT2D eigenvalue weighted by Gasteiger charge is 2.35. The number of ether oxygens (including phenoxy) is 4. The Labute approximate surface area is 129 Å². The fourth-order valence-electron chi connectivity index (χ4n) is 2.25. The Bertz CT molecular complexity index is 401. The minimum Gasteiger partial charge on any atom is -0.442 e. The lowest BCUT2D eigenvalue weighted by molar-refractivity contribution is 0.0271. The first-order valence-corrected chi connectivity index (χ1v) is 7.34.